The minimum absolute atomic E-state index is 0.164. The van der Waals surface area contributed by atoms with Crippen molar-refractivity contribution >= 4 is 40.9 Å². The lowest BCUT2D eigenvalue weighted by Gasteiger charge is -2.28. The van der Waals surface area contributed by atoms with Crippen LogP contribution in [0.25, 0.3) is 0 Å². The second-order valence-electron chi connectivity index (χ2n) is 6.66. The standard InChI is InChI=1S/C21H23Cl2NOS/c22-18-9-6-10-19(23)17(18)15-26-14-13-24-20(25)21(11-4-5-12-21)16-7-2-1-3-8-16/h1-3,6-10H,4-5,11-15H2,(H,24,25). The van der Waals surface area contributed by atoms with Gasteiger partial charge in [0.05, 0.1) is 5.41 Å². The van der Waals surface area contributed by atoms with Gasteiger partial charge in [-0.3, -0.25) is 4.79 Å². The number of thioether (sulfide) groups is 1. The maximum absolute atomic E-state index is 12.9. The summed E-state index contributed by atoms with van der Waals surface area (Å²) in [6, 6.07) is 15.8. The summed E-state index contributed by atoms with van der Waals surface area (Å²) in [4.78, 5) is 12.9. The molecule has 26 heavy (non-hydrogen) atoms. The number of amides is 1. The first-order valence-corrected chi connectivity index (χ1v) is 10.9. The molecule has 1 aliphatic carbocycles. The molecule has 138 valence electrons. The Labute approximate surface area is 169 Å². The molecule has 2 nitrogen and oxygen atoms in total. The highest BCUT2D eigenvalue weighted by atomic mass is 35.5. The summed E-state index contributed by atoms with van der Waals surface area (Å²) >= 11 is 14.1. The van der Waals surface area contributed by atoms with Gasteiger partial charge in [0.25, 0.3) is 0 Å². The Bertz CT molecular complexity index is 725. The summed E-state index contributed by atoms with van der Waals surface area (Å²) < 4.78 is 0. The molecule has 1 fully saturated rings. The van der Waals surface area contributed by atoms with Crippen molar-refractivity contribution in [3.8, 4) is 0 Å². The van der Waals surface area contributed by atoms with Crippen LogP contribution < -0.4 is 5.32 Å². The van der Waals surface area contributed by atoms with Crippen LogP contribution in [0.2, 0.25) is 10.0 Å². The Balaban J connectivity index is 1.52. The predicted molar refractivity (Wildman–Crippen MR) is 112 cm³/mol. The van der Waals surface area contributed by atoms with Gasteiger partial charge in [-0.15, -0.1) is 0 Å². The Morgan fingerprint density at radius 3 is 2.31 bits per heavy atom. The fourth-order valence-corrected chi connectivity index (χ4v) is 5.23. The normalized spacial score (nSPS) is 15.8. The van der Waals surface area contributed by atoms with Crippen LogP contribution in [0.5, 0.6) is 0 Å². The van der Waals surface area contributed by atoms with E-state index < -0.39 is 0 Å². The molecule has 5 heteroatoms. The fourth-order valence-electron chi connectivity index (χ4n) is 3.63. The first kappa shape index (κ1) is 19.6. The smallest absolute Gasteiger partial charge is 0.230 e. The van der Waals surface area contributed by atoms with Gasteiger partial charge in [0, 0.05) is 28.1 Å². The second kappa shape index (κ2) is 9.16. The number of hydrogen-bond acceptors (Lipinski definition) is 2. The first-order valence-electron chi connectivity index (χ1n) is 8.98. The molecule has 1 aliphatic rings. The van der Waals surface area contributed by atoms with Crippen LogP contribution in [0.1, 0.15) is 36.8 Å². The third-order valence-electron chi connectivity index (χ3n) is 5.06. The molecule has 0 atom stereocenters. The third kappa shape index (κ3) is 4.39. The van der Waals surface area contributed by atoms with Crippen LogP contribution in [0.15, 0.2) is 48.5 Å². The zero-order chi connectivity index (χ0) is 18.4. The SMILES string of the molecule is O=C(NCCSCc1c(Cl)cccc1Cl)C1(c2ccccc2)CCCC1. The lowest BCUT2D eigenvalue weighted by atomic mass is 9.78. The predicted octanol–water partition coefficient (Wildman–Crippen LogP) is 5.85. The number of halogens is 2. The van der Waals surface area contributed by atoms with Crippen molar-refractivity contribution in [1.29, 1.82) is 0 Å². The van der Waals surface area contributed by atoms with Gasteiger partial charge in [-0.05, 0) is 36.1 Å². The molecule has 0 aromatic heterocycles. The number of benzene rings is 2. The third-order valence-corrected chi connectivity index (χ3v) is 6.75. The number of rotatable bonds is 7. The summed E-state index contributed by atoms with van der Waals surface area (Å²) in [5.41, 5.74) is 1.76. The van der Waals surface area contributed by atoms with E-state index in [1.807, 2.05) is 36.4 Å². The van der Waals surface area contributed by atoms with Gasteiger partial charge in [0.2, 0.25) is 5.91 Å². The van der Waals surface area contributed by atoms with Crippen LogP contribution in [0.3, 0.4) is 0 Å². The number of nitrogens with one attached hydrogen (secondary N) is 1. The van der Waals surface area contributed by atoms with E-state index in [0.29, 0.717) is 16.6 Å². The summed E-state index contributed by atoms with van der Waals surface area (Å²) in [6.45, 7) is 0.653. The van der Waals surface area contributed by atoms with Crippen molar-refractivity contribution in [1.82, 2.24) is 5.32 Å². The molecular weight excluding hydrogens is 385 g/mol. The molecule has 0 radical (unpaired) electrons. The molecule has 3 rings (SSSR count). The molecule has 0 spiro atoms. The number of hydrogen-bond donors (Lipinski definition) is 1. The highest BCUT2D eigenvalue weighted by Crippen LogP contribution is 2.41. The molecule has 0 heterocycles. The van der Waals surface area contributed by atoms with Gasteiger partial charge in [0.1, 0.15) is 0 Å². The van der Waals surface area contributed by atoms with Gasteiger partial charge in [-0.2, -0.15) is 11.8 Å². The molecule has 1 saturated carbocycles. The Morgan fingerprint density at radius 2 is 1.65 bits per heavy atom. The van der Waals surface area contributed by atoms with Crippen molar-refractivity contribution in [2.45, 2.75) is 36.9 Å². The van der Waals surface area contributed by atoms with E-state index in [4.69, 9.17) is 23.2 Å². The highest BCUT2D eigenvalue weighted by Gasteiger charge is 2.42. The zero-order valence-electron chi connectivity index (χ0n) is 14.6. The van der Waals surface area contributed by atoms with Crippen LogP contribution in [-0.2, 0) is 16.0 Å². The summed E-state index contributed by atoms with van der Waals surface area (Å²) in [5, 5.41) is 4.55. The van der Waals surface area contributed by atoms with Crippen LogP contribution >= 0.6 is 35.0 Å². The topological polar surface area (TPSA) is 29.1 Å². The van der Waals surface area contributed by atoms with Crippen molar-refractivity contribution in [2.24, 2.45) is 0 Å². The van der Waals surface area contributed by atoms with E-state index in [2.05, 4.69) is 17.4 Å². The average molecular weight is 408 g/mol. The Kier molecular flexibility index (Phi) is 6.91. The van der Waals surface area contributed by atoms with Crippen LogP contribution in [-0.4, -0.2) is 18.2 Å². The zero-order valence-corrected chi connectivity index (χ0v) is 17.0. The monoisotopic (exact) mass is 407 g/mol. The van der Waals surface area contributed by atoms with Crippen LogP contribution in [0, 0.1) is 0 Å². The molecular formula is C21H23Cl2NOS. The number of carbonyl (C=O) groups excluding carboxylic acids is 1. The van der Waals surface area contributed by atoms with E-state index >= 15 is 0 Å². The van der Waals surface area contributed by atoms with Crippen molar-refractivity contribution in [3.63, 3.8) is 0 Å². The summed E-state index contributed by atoms with van der Waals surface area (Å²) in [7, 11) is 0. The second-order valence-corrected chi connectivity index (χ2v) is 8.58. The minimum atomic E-state index is -0.349. The Hall–Kier alpha value is -1.16. The molecule has 0 unspecified atom stereocenters. The molecule has 1 N–H and O–H groups in total. The van der Waals surface area contributed by atoms with Gasteiger partial charge in [0.15, 0.2) is 0 Å². The lowest BCUT2D eigenvalue weighted by Crippen LogP contribution is -2.43. The molecule has 1 amide bonds. The quantitative estimate of drug-likeness (QED) is 0.582. The molecule has 0 bridgehead atoms. The van der Waals surface area contributed by atoms with Gasteiger partial charge in [-0.25, -0.2) is 0 Å². The lowest BCUT2D eigenvalue weighted by molar-refractivity contribution is -0.126. The maximum Gasteiger partial charge on any atom is 0.230 e. The van der Waals surface area contributed by atoms with Gasteiger partial charge in [-0.1, -0.05) is 72.4 Å². The van der Waals surface area contributed by atoms with E-state index in [9.17, 15) is 4.79 Å². The van der Waals surface area contributed by atoms with E-state index in [1.54, 1.807) is 11.8 Å². The number of carbonyl (C=O) groups is 1. The average Bonchev–Trinajstić information content (AvgIpc) is 3.15. The first-order chi connectivity index (χ1) is 12.6. The molecule has 0 saturated heterocycles. The van der Waals surface area contributed by atoms with Crippen molar-refractivity contribution in [2.75, 3.05) is 12.3 Å². The van der Waals surface area contributed by atoms with E-state index in [0.717, 1.165) is 48.3 Å². The van der Waals surface area contributed by atoms with E-state index in [-0.39, 0.29) is 11.3 Å². The van der Waals surface area contributed by atoms with Crippen LogP contribution in [0.4, 0.5) is 0 Å². The highest BCUT2D eigenvalue weighted by molar-refractivity contribution is 7.98. The van der Waals surface area contributed by atoms with E-state index in [1.165, 1.54) is 0 Å². The van der Waals surface area contributed by atoms with Crippen molar-refractivity contribution < 1.29 is 4.79 Å². The summed E-state index contributed by atoms with van der Waals surface area (Å²) in [5.74, 6) is 1.74. The molecule has 0 aliphatic heterocycles. The van der Waals surface area contributed by atoms with Gasteiger partial charge < -0.3 is 5.32 Å². The maximum atomic E-state index is 12.9. The largest absolute Gasteiger partial charge is 0.355 e. The fraction of sp³-hybridized carbons (Fsp3) is 0.381. The summed E-state index contributed by atoms with van der Waals surface area (Å²) in [6.07, 6.45) is 4.10. The van der Waals surface area contributed by atoms with Crippen molar-refractivity contribution in [3.05, 3.63) is 69.7 Å². The minimum Gasteiger partial charge on any atom is -0.355 e. The van der Waals surface area contributed by atoms with Gasteiger partial charge >= 0.3 is 0 Å². The Morgan fingerprint density at radius 1 is 1.00 bits per heavy atom. The molecule has 2 aromatic rings. The molecule has 2 aromatic carbocycles.